The first-order valence-electron chi connectivity index (χ1n) is 6.25. The lowest BCUT2D eigenvalue weighted by atomic mass is 9.77. The monoisotopic (exact) mass is 217 g/mol. The summed E-state index contributed by atoms with van der Waals surface area (Å²) in [6.07, 6.45) is 9.25. The van der Waals surface area contributed by atoms with Crippen molar-refractivity contribution in [2.45, 2.75) is 39.0 Å². The van der Waals surface area contributed by atoms with Gasteiger partial charge in [0.05, 0.1) is 0 Å². The zero-order chi connectivity index (χ0) is 11.4. The molecular formula is C14H19NO. The van der Waals surface area contributed by atoms with E-state index in [1.165, 1.54) is 19.3 Å². The van der Waals surface area contributed by atoms with Gasteiger partial charge in [0, 0.05) is 23.9 Å². The Kier molecular flexibility index (Phi) is 3.70. The van der Waals surface area contributed by atoms with E-state index in [-0.39, 0.29) is 5.92 Å². The van der Waals surface area contributed by atoms with Gasteiger partial charge in [0.1, 0.15) is 0 Å². The first-order chi connectivity index (χ1) is 7.81. The van der Waals surface area contributed by atoms with E-state index in [0.717, 1.165) is 24.3 Å². The van der Waals surface area contributed by atoms with Crippen LogP contribution in [-0.2, 0) is 0 Å². The second-order valence-corrected chi connectivity index (χ2v) is 4.74. The lowest BCUT2D eigenvalue weighted by Crippen LogP contribution is -2.22. The van der Waals surface area contributed by atoms with Crippen molar-refractivity contribution in [3.8, 4) is 0 Å². The van der Waals surface area contributed by atoms with Crippen LogP contribution in [0.2, 0.25) is 0 Å². The molecule has 1 heterocycles. The molecule has 2 nitrogen and oxygen atoms in total. The van der Waals surface area contributed by atoms with E-state index in [9.17, 15) is 4.79 Å². The SMILES string of the molecule is CCC1CCCC(C(=O)c2cccnc2)C1. The Balaban J connectivity index is 2.05. The minimum Gasteiger partial charge on any atom is -0.294 e. The summed E-state index contributed by atoms with van der Waals surface area (Å²) in [5, 5.41) is 0. The maximum atomic E-state index is 12.2. The Labute approximate surface area is 97.1 Å². The minimum absolute atomic E-state index is 0.239. The van der Waals surface area contributed by atoms with Crippen LogP contribution in [0.15, 0.2) is 24.5 Å². The van der Waals surface area contributed by atoms with Crippen molar-refractivity contribution in [1.82, 2.24) is 4.98 Å². The van der Waals surface area contributed by atoms with Gasteiger partial charge in [0.15, 0.2) is 5.78 Å². The van der Waals surface area contributed by atoms with Gasteiger partial charge < -0.3 is 0 Å². The molecule has 2 atom stereocenters. The van der Waals surface area contributed by atoms with Crippen molar-refractivity contribution >= 4 is 5.78 Å². The summed E-state index contributed by atoms with van der Waals surface area (Å²) in [7, 11) is 0. The standard InChI is InChI=1S/C14H19NO/c1-2-11-5-3-6-12(9-11)14(16)13-7-4-8-15-10-13/h4,7-8,10-12H,2-3,5-6,9H2,1H3. The van der Waals surface area contributed by atoms with Crippen molar-refractivity contribution in [2.24, 2.45) is 11.8 Å². The van der Waals surface area contributed by atoms with Crippen molar-refractivity contribution in [3.63, 3.8) is 0 Å². The number of nitrogens with zero attached hydrogens (tertiary/aromatic N) is 1. The molecule has 86 valence electrons. The summed E-state index contributed by atoms with van der Waals surface area (Å²) >= 11 is 0. The van der Waals surface area contributed by atoms with Crippen LogP contribution in [0.3, 0.4) is 0 Å². The fourth-order valence-corrected chi connectivity index (χ4v) is 2.64. The van der Waals surface area contributed by atoms with E-state index in [1.807, 2.05) is 12.1 Å². The maximum absolute atomic E-state index is 12.2. The molecule has 1 aliphatic carbocycles. The highest BCUT2D eigenvalue weighted by atomic mass is 16.1. The Morgan fingerprint density at radius 3 is 3.06 bits per heavy atom. The predicted octanol–water partition coefficient (Wildman–Crippen LogP) is 3.48. The smallest absolute Gasteiger partial charge is 0.167 e. The molecule has 0 bridgehead atoms. The van der Waals surface area contributed by atoms with Gasteiger partial charge in [-0.15, -0.1) is 0 Å². The van der Waals surface area contributed by atoms with E-state index >= 15 is 0 Å². The van der Waals surface area contributed by atoms with Gasteiger partial charge in [0.2, 0.25) is 0 Å². The summed E-state index contributed by atoms with van der Waals surface area (Å²) in [4.78, 5) is 16.2. The molecule has 0 saturated heterocycles. The van der Waals surface area contributed by atoms with Crippen LogP contribution in [0.1, 0.15) is 49.4 Å². The third-order valence-electron chi connectivity index (χ3n) is 3.68. The van der Waals surface area contributed by atoms with Crippen LogP contribution in [-0.4, -0.2) is 10.8 Å². The molecule has 1 aromatic heterocycles. The first-order valence-corrected chi connectivity index (χ1v) is 6.25. The molecule has 1 saturated carbocycles. The zero-order valence-electron chi connectivity index (χ0n) is 9.86. The fourth-order valence-electron chi connectivity index (χ4n) is 2.64. The molecule has 1 aromatic rings. The highest BCUT2D eigenvalue weighted by Gasteiger charge is 2.26. The summed E-state index contributed by atoms with van der Waals surface area (Å²) in [5.41, 5.74) is 0.782. The third-order valence-corrected chi connectivity index (χ3v) is 3.68. The zero-order valence-corrected chi connectivity index (χ0v) is 9.86. The van der Waals surface area contributed by atoms with Gasteiger partial charge in [-0.3, -0.25) is 9.78 Å². The van der Waals surface area contributed by atoms with Crippen LogP contribution in [0.5, 0.6) is 0 Å². The summed E-state index contributed by atoms with van der Waals surface area (Å²) < 4.78 is 0. The molecule has 0 radical (unpaired) electrons. The van der Waals surface area contributed by atoms with E-state index in [0.29, 0.717) is 5.78 Å². The number of Topliss-reactive ketones (excluding diaryl/α,β-unsaturated/α-hetero) is 1. The van der Waals surface area contributed by atoms with Gasteiger partial charge in [-0.1, -0.05) is 26.2 Å². The highest BCUT2D eigenvalue weighted by molar-refractivity contribution is 5.97. The molecule has 2 heteroatoms. The van der Waals surface area contributed by atoms with Gasteiger partial charge in [-0.2, -0.15) is 0 Å². The second kappa shape index (κ2) is 5.24. The molecule has 2 rings (SSSR count). The molecule has 0 N–H and O–H groups in total. The number of aromatic nitrogens is 1. The van der Waals surface area contributed by atoms with Crippen molar-refractivity contribution in [3.05, 3.63) is 30.1 Å². The molecule has 16 heavy (non-hydrogen) atoms. The van der Waals surface area contributed by atoms with Crippen LogP contribution in [0.4, 0.5) is 0 Å². The first kappa shape index (κ1) is 11.3. The number of rotatable bonds is 3. The van der Waals surface area contributed by atoms with E-state index in [2.05, 4.69) is 11.9 Å². The number of hydrogen-bond acceptors (Lipinski definition) is 2. The molecule has 0 amide bonds. The van der Waals surface area contributed by atoms with Crippen molar-refractivity contribution in [2.75, 3.05) is 0 Å². The summed E-state index contributed by atoms with van der Waals surface area (Å²) in [5.74, 6) is 1.29. The van der Waals surface area contributed by atoms with Crippen LogP contribution < -0.4 is 0 Å². The number of hydrogen-bond donors (Lipinski definition) is 0. The van der Waals surface area contributed by atoms with Gasteiger partial charge >= 0.3 is 0 Å². The fraction of sp³-hybridized carbons (Fsp3) is 0.571. The van der Waals surface area contributed by atoms with Crippen LogP contribution in [0, 0.1) is 11.8 Å². The average molecular weight is 217 g/mol. The van der Waals surface area contributed by atoms with Gasteiger partial charge in [-0.05, 0) is 30.9 Å². The minimum atomic E-state index is 0.239. The number of carbonyl (C=O) groups is 1. The summed E-state index contributed by atoms with van der Waals surface area (Å²) in [6.45, 7) is 2.22. The Morgan fingerprint density at radius 1 is 1.50 bits per heavy atom. The molecule has 1 fully saturated rings. The Hall–Kier alpha value is -1.18. The number of carbonyl (C=O) groups excluding carboxylic acids is 1. The number of ketones is 1. The Bertz CT molecular complexity index is 347. The molecule has 1 aliphatic rings. The predicted molar refractivity (Wildman–Crippen MR) is 64.3 cm³/mol. The lowest BCUT2D eigenvalue weighted by molar-refractivity contribution is 0.0861. The third kappa shape index (κ3) is 2.49. The average Bonchev–Trinajstić information content (AvgIpc) is 2.39. The largest absolute Gasteiger partial charge is 0.294 e. The van der Waals surface area contributed by atoms with Gasteiger partial charge in [0.25, 0.3) is 0 Å². The Morgan fingerprint density at radius 2 is 2.38 bits per heavy atom. The van der Waals surface area contributed by atoms with Crippen molar-refractivity contribution < 1.29 is 4.79 Å². The molecule has 0 aromatic carbocycles. The van der Waals surface area contributed by atoms with Crippen LogP contribution >= 0.6 is 0 Å². The van der Waals surface area contributed by atoms with E-state index < -0.39 is 0 Å². The second-order valence-electron chi connectivity index (χ2n) is 4.74. The maximum Gasteiger partial charge on any atom is 0.167 e. The van der Waals surface area contributed by atoms with Crippen LogP contribution in [0.25, 0.3) is 0 Å². The lowest BCUT2D eigenvalue weighted by Gasteiger charge is -2.27. The normalized spacial score (nSPS) is 25.3. The molecule has 0 spiro atoms. The van der Waals surface area contributed by atoms with Crippen molar-refractivity contribution in [1.29, 1.82) is 0 Å². The molecule has 0 aliphatic heterocycles. The highest BCUT2D eigenvalue weighted by Crippen LogP contribution is 2.32. The molecular weight excluding hydrogens is 198 g/mol. The molecule has 2 unspecified atom stereocenters. The topological polar surface area (TPSA) is 30.0 Å². The number of pyridine rings is 1. The quantitative estimate of drug-likeness (QED) is 0.725. The summed E-state index contributed by atoms with van der Waals surface area (Å²) in [6, 6.07) is 3.72. The van der Waals surface area contributed by atoms with E-state index in [1.54, 1.807) is 12.4 Å². The van der Waals surface area contributed by atoms with Gasteiger partial charge in [-0.25, -0.2) is 0 Å². The van der Waals surface area contributed by atoms with E-state index in [4.69, 9.17) is 0 Å².